The topological polar surface area (TPSA) is 85.4 Å². The van der Waals surface area contributed by atoms with Gasteiger partial charge >= 0.3 is 0 Å². The van der Waals surface area contributed by atoms with Crippen molar-refractivity contribution in [1.82, 2.24) is 9.71 Å². The van der Waals surface area contributed by atoms with Crippen LogP contribution in [0.15, 0.2) is 24.4 Å². The molecule has 0 radical (unpaired) electrons. The molecule has 1 aromatic rings. The molecule has 1 aromatic heterocycles. The number of nitrogens with one attached hydrogen (secondary N) is 1. The number of ether oxygens (including phenoxy) is 1. The van der Waals surface area contributed by atoms with Gasteiger partial charge in [-0.1, -0.05) is 6.07 Å². The van der Waals surface area contributed by atoms with E-state index in [0.29, 0.717) is 25.0 Å². The summed E-state index contributed by atoms with van der Waals surface area (Å²) >= 11 is 0. The average Bonchev–Trinajstić information content (AvgIpc) is 2.84. The number of sulfonamides is 1. The molecular weight excluding hydrogens is 304 g/mol. The minimum Gasteiger partial charge on any atom is -0.375 e. The van der Waals surface area contributed by atoms with Crippen molar-refractivity contribution in [2.24, 2.45) is 5.92 Å². The van der Waals surface area contributed by atoms with Gasteiger partial charge in [-0.15, -0.1) is 0 Å². The molecule has 3 rings (SSSR count). The molecule has 22 heavy (non-hydrogen) atoms. The number of aryl methyl sites for hydroxylation is 1. The molecule has 1 unspecified atom stereocenters. The Balaban J connectivity index is 1.53. The van der Waals surface area contributed by atoms with Gasteiger partial charge in [0.25, 0.3) is 0 Å². The fourth-order valence-corrected chi connectivity index (χ4v) is 4.20. The molecule has 2 saturated heterocycles. The van der Waals surface area contributed by atoms with Crippen LogP contribution in [-0.2, 0) is 26.0 Å². The van der Waals surface area contributed by atoms with E-state index in [1.54, 1.807) is 18.3 Å². The van der Waals surface area contributed by atoms with Crippen LogP contribution in [0.1, 0.15) is 31.4 Å². The molecule has 0 aliphatic carbocycles. The van der Waals surface area contributed by atoms with Crippen molar-refractivity contribution < 1.29 is 17.9 Å². The summed E-state index contributed by atoms with van der Waals surface area (Å²) in [5.74, 6) is -0.775. The van der Waals surface area contributed by atoms with E-state index in [4.69, 9.17) is 4.74 Å². The summed E-state index contributed by atoms with van der Waals surface area (Å²) in [7, 11) is -3.62. The van der Waals surface area contributed by atoms with Crippen LogP contribution in [0.3, 0.4) is 0 Å². The van der Waals surface area contributed by atoms with Crippen LogP contribution in [0.4, 0.5) is 0 Å². The summed E-state index contributed by atoms with van der Waals surface area (Å²) in [6.45, 7) is 0. The Kier molecular flexibility index (Phi) is 4.44. The first-order chi connectivity index (χ1) is 10.5. The maximum absolute atomic E-state index is 12.2. The third-order valence-electron chi connectivity index (χ3n) is 4.27. The Morgan fingerprint density at radius 2 is 2.00 bits per heavy atom. The molecule has 120 valence electrons. The average molecular weight is 324 g/mol. The van der Waals surface area contributed by atoms with Gasteiger partial charge in [0, 0.05) is 24.2 Å². The second-order valence-electron chi connectivity index (χ2n) is 5.98. The second kappa shape index (κ2) is 6.34. The zero-order valence-electron chi connectivity index (χ0n) is 12.3. The number of hydrogen-bond donors (Lipinski definition) is 1. The second-order valence-corrected chi connectivity index (χ2v) is 7.82. The minimum absolute atomic E-state index is 0.116. The Bertz CT molecular complexity index is 620. The maximum Gasteiger partial charge on any atom is 0.236 e. The number of aromatic nitrogens is 1. The highest BCUT2D eigenvalue weighted by atomic mass is 32.2. The summed E-state index contributed by atoms with van der Waals surface area (Å²) in [4.78, 5) is 16.3. The summed E-state index contributed by atoms with van der Waals surface area (Å²) in [5, 5.41) is 0. The van der Waals surface area contributed by atoms with Crippen molar-refractivity contribution in [2.75, 3.05) is 5.75 Å². The van der Waals surface area contributed by atoms with E-state index in [9.17, 15) is 13.2 Å². The van der Waals surface area contributed by atoms with Gasteiger partial charge in [-0.05, 0) is 37.8 Å². The van der Waals surface area contributed by atoms with Crippen LogP contribution in [0, 0.1) is 5.92 Å². The normalized spacial score (nSPS) is 27.5. The smallest absolute Gasteiger partial charge is 0.236 e. The summed E-state index contributed by atoms with van der Waals surface area (Å²) in [6, 6.07) is 5.36. The van der Waals surface area contributed by atoms with Crippen molar-refractivity contribution in [3.63, 3.8) is 0 Å². The fraction of sp³-hybridized carbons (Fsp3) is 0.600. The molecule has 7 heteroatoms. The van der Waals surface area contributed by atoms with Crippen molar-refractivity contribution in [3.05, 3.63) is 30.1 Å². The predicted molar refractivity (Wildman–Crippen MR) is 80.5 cm³/mol. The van der Waals surface area contributed by atoms with Crippen LogP contribution < -0.4 is 4.72 Å². The van der Waals surface area contributed by atoms with Gasteiger partial charge in [0.2, 0.25) is 15.9 Å². The van der Waals surface area contributed by atoms with Gasteiger partial charge in [-0.2, -0.15) is 0 Å². The van der Waals surface area contributed by atoms with Crippen molar-refractivity contribution in [1.29, 1.82) is 0 Å². The van der Waals surface area contributed by atoms with Gasteiger partial charge < -0.3 is 4.74 Å². The van der Waals surface area contributed by atoms with E-state index >= 15 is 0 Å². The zero-order valence-corrected chi connectivity index (χ0v) is 13.1. The first kappa shape index (κ1) is 15.4. The Labute approximate surface area is 130 Å². The number of rotatable bonds is 5. The third-order valence-corrected chi connectivity index (χ3v) is 5.52. The lowest BCUT2D eigenvalue weighted by Gasteiger charge is -2.27. The highest BCUT2D eigenvalue weighted by Crippen LogP contribution is 2.35. The van der Waals surface area contributed by atoms with E-state index in [1.807, 2.05) is 6.07 Å². The molecule has 2 fully saturated rings. The monoisotopic (exact) mass is 324 g/mol. The van der Waals surface area contributed by atoms with E-state index in [2.05, 4.69) is 9.71 Å². The lowest BCUT2D eigenvalue weighted by atomic mass is 9.95. The summed E-state index contributed by atoms with van der Waals surface area (Å²) < 4.78 is 32.0. The summed E-state index contributed by atoms with van der Waals surface area (Å²) in [5.41, 5.74) is 0.699. The molecule has 0 aromatic carbocycles. The highest BCUT2D eigenvalue weighted by molar-refractivity contribution is 7.90. The zero-order chi connectivity index (χ0) is 15.6. The van der Waals surface area contributed by atoms with Gasteiger partial charge in [-0.25, -0.2) is 8.42 Å². The molecule has 3 atom stereocenters. The Morgan fingerprint density at radius 1 is 1.27 bits per heavy atom. The number of amides is 1. The van der Waals surface area contributed by atoms with Gasteiger partial charge in [0.1, 0.15) is 0 Å². The molecular formula is C15H20N2O4S. The maximum atomic E-state index is 12.2. The van der Waals surface area contributed by atoms with E-state index < -0.39 is 10.0 Å². The largest absolute Gasteiger partial charge is 0.375 e. The number of carbonyl (C=O) groups excluding carboxylic acids is 1. The highest BCUT2D eigenvalue weighted by Gasteiger charge is 2.38. The number of hydrogen-bond acceptors (Lipinski definition) is 5. The van der Waals surface area contributed by atoms with Gasteiger partial charge in [0.15, 0.2) is 0 Å². The number of fused-ring (bicyclic) bond motifs is 2. The third kappa shape index (κ3) is 3.84. The number of nitrogens with zero attached hydrogens (tertiary/aromatic N) is 1. The van der Waals surface area contributed by atoms with Gasteiger partial charge in [-0.3, -0.25) is 14.5 Å². The quantitative estimate of drug-likeness (QED) is 0.874. The number of pyridine rings is 1. The lowest BCUT2D eigenvalue weighted by Crippen LogP contribution is -2.41. The van der Waals surface area contributed by atoms with E-state index in [1.165, 1.54) is 0 Å². The molecule has 2 aliphatic heterocycles. The summed E-state index contributed by atoms with van der Waals surface area (Å²) in [6.07, 6.45) is 5.34. The lowest BCUT2D eigenvalue weighted by molar-refractivity contribution is -0.128. The molecule has 6 nitrogen and oxygen atoms in total. The minimum atomic E-state index is -3.62. The van der Waals surface area contributed by atoms with Crippen molar-refractivity contribution >= 4 is 15.9 Å². The Hall–Kier alpha value is -1.47. The first-order valence-electron chi connectivity index (χ1n) is 7.61. The molecule has 2 aliphatic rings. The first-order valence-corrected chi connectivity index (χ1v) is 9.27. The van der Waals surface area contributed by atoms with Crippen LogP contribution in [0.2, 0.25) is 0 Å². The molecule has 2 bridgehead atoms. The number of carbonyl (C=O) groups is 1. The van der Waals surface area contributed by atoms with E-state index in [0.717, 1.165) is 12.8 Å². The van der Waals surface area contributed by atoms with Crippen LogP contribution in [0.25, 0.3) is 0 Å². The van der Waals surface area contributed by atoms with Crippen molar-refractivity contribution in [3.8, 4) is 0 Å². The molecule has 3 heterocycles. The fourth-order valence-electron chi connectivity index (χ4n) is 3.14. The standard InChI is InChI=1S/C15H20N2O4S/c18-15(11-9-13-4-5-14(10-11)21-13)17-22(19,20)8-6-12-3-1-2-7-16-12/h1-3,7,11,13-14H,4-6,8-10H2,(H,17,18)/t11?,13-,14+. The van der Waals surface area contributed by atoms with E-state index in [-0.39, 0.29) is 29.8 Å². The molecule has 0 spiro atoms. The van der Waals surface area contributed by atoms with Crippen LogP contribution in [0.5, 0.6) is 0 Å². The van der Waals surface area contributed by atoms with Crippen LogP contribution in [-0.4, -0.2) is 37.3 Å². The molecule has 0 saturated carbocycles. The van der Waals surface area contributed by atoms with Gasteiger partial charge in [0.05, 0.1) is 18.0 Å². The molecule has 1 amide bonds. The van der Waals surface area contributed by atoms with Crippen LogP contribution >= 0.6 is 0 Å². The molecule has 1 N–H and O–H groups in total. The SMILES string of the molecule is O=C(NS(=O)(=O)CCc1ccccn1)C1C[C@H]2CC[C@@H](C1)O2. The predicted octanol–water partition coefficient (Wildman–Crippen LogP) is 1.03. The Morgan fingerprint density at radius 3 is 2.64 bits per heavy atom. The van der Waals surface area contributed by atoms with Crippen molar-refractivity contribution in [2.45, 2.75) is 44.3 Å².